The highest BCUT2D eigenvalue weighted by atomic mass is 32.2. The summed E-state index contributed by atoms with van der Waals surface area (Å²) in [7, 11) is 0. The number of amides is 1. The molecule has 0 saturated carbocycles. The fourth-order valence-corrected chi connectivity index (χ4v) is 3.11. The van der Waals surface area contributed by atoms with Gasteiger partial charge < -0.3 is 15.7 Å². The van der Waals surface area contributed by atoms with Crippen molar-refractivity contribution in [3.63, 3.8) is 0 Å². The molecule has 5 nitrogen and oxygen atoms in total. The molecule has 0 fully saturated rings. The van der Waals surface area contributed by atoms with Crippen LogP contribution in [0.25, 0.3) is 0 Å². The van der Waals surface area contributed by atoms with Gasteiger partial charge in [0.25, 0.3) is 5.91 Å². The quantitative estimate of drug-likeness (QED) is 0.756. The lowest BCUT2D eigenvalue weighted by Gasteiger charge is -2.38. The van der Waals surface area contributed by atoms with Crippen LogP contribution in [-0.2, 0) is 9.59 Å². The molecule has 1 unspecified atom stereocenters. The standard InChI is InChI=1S/C10H16N2O3S/c1-5-12(10(2,3)4)6(8(11)13)7(16-5)9(14)15/h5H,1-4H3,(H2,11,13)(H,14,15). The van der Waals surface area contributed by atoms with Gasteiger partial charge in [0.1, 0.15) is 10.6 Å². The molecule has 1 atom stereocenters. The summed E-state index contributed by atoms with van der Waals surface area (Å²) >= 11 is 1.15. The van der Waals surface area contributed by atoms with Crippen LogP contribution in [0.3, 0.4) is 0 Å². The van der Waals surface area contributed by atoms with E-state index >= 15 is 0 Å². The van der Waals surface area contributed by atoms with E-state index in [0.717, 1.165) is 11.8 Å². The Labute approximate surface area is 98.7 Å². The second kappa shape index (κ2) is 4.01. The van der Waals surface area contributed by atoms with Crippen LogP contribution in [0.15, 0.2) is 10.6 Å². The number of carboxylic acid groups (broad SMARTS) is 1. The summed E-state index contributed by atoms with van der Waals surface area (Å²) in [6.07, 6.45) is 0. The van der Waals surface area contributed by atoms with Gasteiger partial charge in [0.2, 0.25) is 0 Å². The van der Waals surface area contributed by atoms with E-state index in [9.17, 15) is 9.59 Å². The lowest BCUT2D eigenvalue weighted by molar-refractivity contribution is -0.132. The van der Waals surface area contributed by atoms with E-state index in [1.807, 2.05) is 27.7 Å². The molecule has 0 aromatic heterocycles. The summed E-state index contributed by atoms with van der Waals surface area (Å²) < 4.78 is 0. The molecule has 0 saturated heterocycles. The van der Waals surface area contributed by atoms with Crippen LogP contribution in [0.2, 0.25) is 0 Å². The van der Waals surface area contributed by atoms with Gasteiger partial charge in [-0.15, -0.1) is 0 Å². The monoisotopic (exact) mass is 244 g/mol. The third-order valence-electron chi connectivity index (χ3n) is 2.26. The fourth-order valence-electron chi connectivity index (χ4n) is 1.83. The zero-order valence-electron chi connectivity index (χ0n) is 9.77. The van der Waals surface area contributed by atoms with Crippen LogP contribution >= 0.6 is 11.8 Å². The molecule has 1 aliphatic rings. The molecule has 0 bridgehead atoms. The Balaban J connectivity index is 3.29. The molecule has 16 heavy (non-hydrogen) atoms. The Morgan fingerprint density at radius 2 is 1.94 bits per heavy atom. The Kier molecular flexibility index (Phi) is 3.23. The molecule has 0 aromatic carbocycles. The van der Waals surface area contributed by atoms with Crippen molar-refractivity contribution in [2.24, 2.45) is 5.73 Å². The number of carbonyl (C=O) groups is 2. The highest BCUT2D eigenvalue weighted by molar-refractivity contribution is 8.04. The first-order valence-corrected chi connectivity index (χ1v) is 5.77. The number of carboxylic acids is 1. The molecule has 6 heteroatoms. The lowest BCUT2D eigenvalue weighted by atomic mass is 10.0. The predicted molar refractivity (Wildman–Crippen MR) is 62.5 cm³/mol. The number of primary amides is 1. The average molecular weight is 244 g/mol. The molecule has 1 aliphatic heterocycles. The minimum atomic E-state index is -1.10. The second-order valence-electron chi connectivity index (χ2n) is 4.61. The van der Waals surface area contributed by atoms with Gasteiger partial charge in [-0.1, -0.05) is 11.8 Å². The summed E-state index contributed by atoms with van der Waals surface area (Å²) in [6.45, 7) is 7.60. The molecule has 0 aromatic rings. The maximum absolute atomic E-state index is 11.4. The molecule has 90 valence electrons. The van der Waals surface area contributed by atoms with Crippen molar-refractivity contribution in [1.82, 2.24) is 4.90 Å². The molecular formula is C10H16N2O3S. The van der Waals surface area contributed by atoms with Crippen molar-refractivity contribution in [1.29, 1.82) is 0 Å². The van der Waals surface area contributed by atoms with Gasteiger partial charge in [0.15, 0.2) is 0 Å². The molecular weight excluding hydrogens is 228 g/mol. The van der Waals surface area contributed by atoms with Gasteiger partial charge >= 0.3 is 5.97 Å². The topological polar surface area (TPSA) is 83.6 Å². The normalized spacial score (nSPS) is 21.5. The number of thioether (sulfide) groups is 1. The Hall–Kier alpha value is -1.17. The predicted octanol–water partition coefficient (Wildman–Crippen LogP) is 0.961. The number of hydrogen-bond donors (Lipinski definition) is 2. The maximum atomic E-state index is 11.4. The van der Waals surface area contributed by atoms with E-state index in [-0.39, 0.29) is 21.5 Å². The van der Waals surface area contributed by atoms with Gasteiger partial charge in [0, 0.05) is 5.54 Å². The van der Waals surface area contributed by atoms with Crippen molar-refractivity contribution in [2.45, 2.75) is 38.6 Å². The maximum Gasteiger partial charge on any atom is 0.344 e. The number of hydrogen-bond acceptors (Lipinski definition) is 4. The summed E-state index contributed by atoms with van der Waals surface area (Å²) in [5, 5.41) is 8.92. The van der Waals surface area contributed by atoms with Crippen LogP contribution in [0.5, 0.6) is 0 Å². The summed E-state index contributed by atoms with van der Waals surface area (Å²) in [4.78, 5) is 24.2. The van der Waals surface area contributed by atoms with Gasteiger partial charge in [0.05, 0.1) is 5.37 Å². The second-order valence-corrected chi connectivity index (χ2v) is 5.93. The summed E-state index contributed by atoms with van der Waals surface area (Å²) in [6, 6.07) is 0. The molecule has 0 radical (unpaired) electrons. The van der Waals surface area contributed by atoms with Crippen molar-refractivity contribution in [2.75, 3.05) is 0 Å². The van der Waals surface area contributed by atoms with E-state index in [0.29, 0.717) is 0 Å². The van der Waals surface area contributed by atoms with Crippen LogP contribution in [0.4, 0.5) is 0 Å². The zero-order chi connectivity index (χ0) is 12.7. The van der Waals surface area contributed by atoms with Crippen LogP contribution < -0.4 is 5.73 Å². The molecule has 1 heterocycles. The average Bonchev–Trinajstić information content (AvgIpc) is 2.41. The number of aliphatic carboxylic acids is 1. The van der Waals surface area contributed by atoms with Crippen LogP contribution in [0, 0.1) is 0 Å². The molecule has 3 N–H and O–H groups in total. The van der Waals surface area contributed by atoms with E-state index < -0.39 is 11.9 Å². The SMILES string of the molecule is CC1SC(C(=O)O)=C(C(N)=O)N1C(C)(C)C. The highest BCUT2D eigenvalue weighted by Crippen LogP contribution is 2.41. The van der Waals surface area contributed by atoms with Gasteiger partial charge in [-0.05, 0) is 27.7 Å². The molecule has 0 aliphatic carbocycles. The smallest absolute Gasteiger partial charge is 0.344 e. The minimum absolute atomic E-state index is 0.0370. The van der Waals surface area contributed by atoms with Crippen molar-refractivity contribution in [3.05, 3.63) is 10.6 Å². The summed E-state index contributed by atoms with van der Waals surface area (Å²) in [5.74, 6) is -1.79. The third kappa shape index (κ3) is 2.16. The molecule has 0 spiro atoms. The number of rotatable bonds is 2. The van der Waals surface area contributed by atoms with Crippen LogP contribution in [-0.4, -0.2) is 32.8 Å². The minimum Gasteiger partial charge on any atom is -0.477 e. The summed E-state index contributed by atoms with van der Waals surface area (Å²) in [5.41, 5.74) is 5.03. The van der Waals surface area contributed by atoms with E-state index in [1.54, 1.807) is 4.90 Å². The first-order chi connectivity index (χ1) is 7.16. The van der Waals surface area contributed by atoms with Crippen molar-refractivity contribution in [3.8, 4) is 0 Å². The lowest BCUT2D eigenvalue weighted by Crippen LogP contribution is -2.45. The first-order valence-electron chi connectivity index (χ1n) is 4.89. The Morgan fingerprint density at radius 1 is 1.44 bits per heavy atom. The van der Waals surface area contributed by atoms with E-state index in [4.69, 9.17) is 10.8 Å². The third-order valence-corrected chi connectivity index (χ3v) is 3.41. The largest absolute Gasteiger partial charge is 0.477 e. The number of nitrogens with zero attached hydrogens (tertiary/aromatic N) is 1. The molecule has 1 amide bonds. The number of nitrogens with two attached hydrogens (primary N) is 1. The van der Waals surface area contributed by atoms with Gasteiger partial charge in [-0.3, -0.25) is 4.79 Å². The zero-order valence-corrected chi connectivity index (χ0v) is 10.6. The fraction of sp³-hybridized carbons (Fsp3) is 0.600. The molecule has 1 rings (SSSR count). The Morgan fingerprint density at radius 3 is 2.25 bits per heavy atom. The van der Waals surface area contributed by atoms with Gasteiger partial charge in [-0.25, -0.2) is 4.79 Å². The first kappa shape index (κ1) is 12.9. The van der Waals surface area contributed by atoms with E-state index in [1.165, 1.54) is 0 Å². The van der Waals surface area contributed by atoms with Crippen molar-refractivity contribution >= 4 is 23.6 Å². The highest BCUT2D eigenvalue weighted by Gasteiger charge is 2.41. The van der Waals surface area contributed by atoms with E-state index in [2.05, 4.69) is 0 Å². The van der Waals surface area contributed by atoms with Gasteiger partial charge in [-0.2, -0.15) is 0 Å². The van der Waals surface area contributed by atoms with Crippen molar-refractivity contribution < 1.29 is 14.7 Å². The van der Waals surface area contributed by atoms with Crippen LogP contribution in [0.1, 0.15) is 27.7 Å². The number of carbonyl (C=O) groups excluding carboxylic acids is 1. The Bertz CT molecular complexity index is 371.